The third kappa shape index (κ3) is 2.78. The maximum Gasteiger partial charge on any atom is 0.323 e. The van der Waals surface area contributed by atoms with E-state index in [9.17, 15) is 9.90 Å². The third-order valence-corrected chi connectivity index (χ3v) is 2.82. The molecule has 0 amide bonds. The molecular formula is C11H15N3O3. The Morgan fingerprint density at radius 1 is 1.59 bits per heavy atom. The molecule has 2 atom stereocenters. The van der Waals surface area contributed by atoms with Gasteiger partial charge in [0.1, 0.15) is 11.9 Å². The number of ether oxygens (including phenoxy) is 1. The summed E-state index contributed by atoms with van der Waals surface area (Å²) in [5.41, 5.74) is 0. The number of rotatable bonds is 3. The Kier molecular flexibility index (Phi) is 3.65. The number of aliphatic hydroxyl groups excluding tert-OH is 1. The molecule has 1 aromatic rings. The molecule has 1 aliphatic heterocycles. The molecule has 92 valence electrons. The number of hydrogen-bond donors (Lipinski definition) is 1. The van der Waals surface area contributed by atoms with Gasteiger partial charge in [0.25, 0.3) is 0 Å². The maximum absolute atomic E-state index is 11.5. The molecule has 2 rings (SSSR count). The van der Waals surface area contributed by atoms with E-state index < -0.39 is 12.1 Å². The molecule has 0 aromatic carbocycles. The fourth-order valence-electron chi connectivity index (χ4n) is 2.03. The molecule has 1 saturated heterocycles. The highest BCUT2D eigenvalue weighted by atomic mass is 16.5. The number of carbonyl (C=O) groups is 1. The van der Waals surface area contributed by atoms with Crippen molar-refractivity contribution in [1.82, 2.24) is 14.9 Å². The van der Waals surface area contributed by atoms with Crippen LogP contribution in [0.5, 0.6) is 0 Å². The lowest BCUT2D eigenvalue weighted by Gasteiger charge is -2.20. The third-order valence-electron chi connectivity index (χ3n) is 2.82. The summed E-state index contributed by atoms with van der Waals surface area (Å²) >= 11 is 0. The minimum atomic E-state index is -0.497. The van der Waals surface area contributed by atoms with Gasteiger partial charge in [0.2, 0.25) is 0 Å². The van der Waals surface area contributed by atoms with Gasteiger partial charge in [-0.15, -0.1) is 0 Å². The molecule has 1 aromatic heterocycles. The molecule has 2 heterocycles. The lowest BCUT2D eigenvalue weighted by atomic mass is 10.2. The Balaban J connectivity index is 2.06. The summed E-state index contributed by atoms with van der Waals surface area (Å²) in [6, 6.07) is 1.33. The Morgan fingerprint density at radius 3 is 2.94 bits per heavy atom. The number of aromatic nitrogens is 2. The van der Waals surface area contributed by atoms with E-state index in [1.165, 1.54) is 7.11 Å². The standard InChI is InChI=1S/C11H15N3O3/c1-17-11(16)9-5-8(15)6-14(9)7-10-12-3-2-4-13-10/h2-4,8-9,15H,5-7H2,1H3. The smallest absolute Gasteiger partial charge is 0.323 e. The van der Waals surface area contributed by atoms with Crippen LogP contribution in [0.25, 0.3) is 0 Å². The highest BCUT2D eigenvalue weighted by Crippen LogP contribution is 2.20. The summed E-state index contributed by atoms with van der Waals surface area (Å²) in [4.78, 5) is 21.6. The van der Waals surface area contributed by atoms with Crippen LogP contribution < -0.4 is 0 Å². The summed E-state index contributed by atoms with van der Waals surface area (Å²) in [5.74, 6) is 0.313. The van der Waals surface area contributed by atoms with Gasteiger partial charge in [-0.1, -0.05) is 0 Å². The average molecular weight is 237 g/mol. The maximum atomic E-state index is 11.5. The topological polar surface area (TPSA) is 75.6 Å². The van der Waals surface area contributed by atoms with Crippen molar-refractivity contribution < 1.29 is 14.6 Å². The first-order valence-electron chi connectivity index (χ1n) is 5.46. The van der Waals surface area contributed by atoms with E-state index in [0.29, 0.717) is 25.3 Å². The van der Waals surface area contributed by atoms with Gasteiger partial charge in [0.05, 0.1) is 19.8 Å². The number of methoxy groups -OCH3 is 1. The summed E-state index contributed by atoms with van der Waals surface area (Å²) in [6.07, 6.45) is 3.21. The number of carbonyl (C=O) groups excluding carboxylic acids is 1. The number of hydrogen-bond acceptors (Lipinski definition) is 6. The first-order chi connectivity index (χ1) is 8.20. The molecule has 17 heavy (non-hydrogen) atoms. The van der Waals surface area contributed by atoms with E-state index in [1.807, 2.05) is 4.90 Å². The van der Waals surface area contributed by atoms with E-state index in [4.69, 9.17) is 4.74 Å². The lowest BCUT2D eigenvalue weighted by Crippen LogP contribution is -2.36. The van der Waals surface area contributed by atoms with E-state index in [1.54, 1.807) is 18.5 Å². The quantitative estimate of drug-likeness (QED) is 0.720. The second-order valence-corrected chi connectivity index (χ2v) is 4.02. The normalized spacial score (nSPS) is 24.8. The van der Waals surface area contributed by atoms with E-state index in [2.05, 4.69) is 9.97 Å². The van der Waals surface area contributed by atoms with Crippen molar-refractivity contribution in [3.05, 3.63) is 24.3 Å². The predicted octanol–water partition coefficient (Wildman–Crippen LogP) is -0.415. The molecule has 6 nitrogen and oxygen atoms in total. The second kappa shape index (κ2) is 5.20. The van der Waals surface area contributed by atoms with Crippen molar-refractivity contribution >= 4 is 5.97 Å². The minimum absolute atomic E-state index is 0.322. The average Bonchev–Trinajstić information content (AvgIpc) is 2.70. The van der Waals surface area contributed by atoms with Crippen molar-refractivity contribution in [2.24, 2.45) is 0 Å². The molecule has 1 aliphatic rings. The van der Waals surface area contributed by atoms with E-state index in [-0.39, 0.29) is 5.97 Å². The van der Waals surface area contributed by atoms with Crippen molar-refractivity contribution in [3.63, 3.8) is 0 Å². The van der Waals surface area contributed by atoms with Crippen molar-refractivity contribution in [3.8, 4) is 0 Å². The number of nitrogens with zero attached hydrogens (tertiary/aromatic N) is 3. The lowest BCUT2D eigenvalue weighted by molar-refractivity contribution is -0.146. The van der Waals surface area contributed by atoms with Gasteiger partial charge in [-0.3, -0.25) is 9.69 Å². The second-order valence-electron chi connectivity index (χ2n) is 4.02. The monoisotopic (exact) mass is 237 g/mol. The summed E-state index contributed by atoms with van der Waals surface area (Å²) in [5, 5.41) is 9.60. The fraction of sp³-hybridized carbons (Fsp3) is 0.545. The Morgan fingerprint density at radius 2 is 2.29 bits per heavy atom. The predicted molar refractivity (Wildman–Crippen MR) is 58.9 cm³/mol. The number of esters is 1. The first-order valence-corrected chi connectivity index (χ1v) is 5.46. The Bertz CT molecular complexity index is 385. The highest BCUT2D eigenvalue weighted by Gasteiger charge is 2.36. The van der Waals surface area contributed by atoms with Crippen LogP contribution in [0.3, 0.4) is 0 Å². The van der Waals surface area contributed by atoms with E-state index >= 15 is 0 Å². The number of aliphatic hydroxyl groups is 1. The van der Waals surface area contributed by atoms with Crippen molar-refractivity contribution in [1.29, 1.82) is 0 Å². The van der Waals surface area contributed by atoms with Gasteiger partial charge in [0, 0.05) is 25.4 Å². The van der Waals surface area contributed by atoms with Crippen LogP contribution in [-0.2, 0) is 16.1 Å². The van der Waals surface area contributed by atoms with Gasteiger partial charge in [-0.25, -0.2) is 9.97 Å². The zero-order valence-corrected chi connectivity index (χ0v) is 9.61. The van der Waals surface area contributed by atoms with Gasteiger partial charge in [-0.05, 0) is 6.07 Å². The summed E-state index contributed by atoms with van der Waals surface area (Å²) in [7, 11) is 1.35. The zero-order valence-electron chi connectivity index (χ0n) is 9.61. The molecule has 1 N–H and O–H groups in total. The summed E-state index contributed by atoms with van der Waals surface area (Å²) < 4.78 is 4.72. The van der Waals surface area contributed by atoms with Gasteiger partial charge in [-0.2, -0.15) is 0 Å². The molecule has 1 fully saturated rings. The van der Waals surface area contributed by atoms with Crippen LogP contribution in [0, 0.1) is 0 Å². The van der Waals surface area contributed by atoms with Gasteiger partial charge >= 0.3 is 5.97 Å². The van der Waals surface area contributed by atoms with Crippen molar-refractivity contribution in [2.75, 3.05) is 13.7 Å². The summed E-state index contributed by atoms with van der Waals surface area (Å²) in [6.45, 7) is 0.885. The molecule has 0 spiro atoms. The first kappa shape index (κ1) is 11.9. The van der Waals surface area contributed by atoms with Crippen LogP contribution in [0.2, 0.25) is 0 Å². The van der Waals surface area contributed by atoms with Crippen LogP contribution in [0.1, 0.15) is 12.2 Å². The van der Waals surface area contributed by atoms with Crippen molar-refractivity contribution in [2.45, 2.75) is 25.1 Å². The van der Waals surface area contributed by atoms with Crippen LogP contribution in [0.4, 0.5) is 0 Å². The molecule has 0 bridgehead atoms. The SMILES string of the molecule is COC(=O)C1CC(O)CN1Cc1ncccn1. The fourth-order valence-corrected chi connectivity index (χ4v) is 2.03. The zero-order chi connectivity index (χ0) is 12.3. The van der Waals surface area contributed by atoms with Crippen LogP contribution >= 0.6 is 0 Å². The largest absolute Gasteiger partial charge is 0.468 e. The molecule has 6 heteroatoms. The van der Waals surface area contributed by atoms with Gasteiger partial charge < -0.3 is 9.84 Å². The number of likely N-dealkylation sites (tertiary alicyclic amines) is 1. The van der Waals surface area contributed by atoms with Gasteiger partial charge in [0.15, 0.2) is 0 Å². The molecule has 0 saturated carbocycles. The molecule has 0 radical (unpaired) electrons. The van der Waals surface area contributed by atoms with E-state index in [0.717, 1.165) is 0 Å². The van der Waals surface area contributed by atoms with Crippen LogP contribution in [0.15, 0.2) is 18.5 Å². The molecule has 0 aliphatic carbocycles. The van der Waals surface area contributed by atoms with Crippen LogP contribution in [-0.4, -0.2) is 51.7 Å². The minimum Gasteiger partial charge on any atom is -0.468 e. The Labute approximate surface area is 99.2 Å². The molecular weight excluding hydrogens is 222 g/mol. The Hall–Kier alpha value is -1.53. The molecule has 2 unspecified atom stereocenters. The highest BCUT2D eigenvalue weighted by molar-refractivity contribution is 5.76. The number of β-amino-alcohol motifs (C(OH)–C–C–N with tert-alkyl or cyclic N) is 1.